The first-order valence-corrected chi connectivity index (χ1v) is 9.14. The first-order valence-electron chi connectivity index (χ1n) is 9.14. The molecule has 0 radical (unpaired) electrons. The monoisotopic (exact) mass is 389 g/mol. The molecule has 1 heterocycles. The number of carbonyl (C=O) groups excluding carboxylic acids is 3. The summed E-state index contributed by atoms with van der Waals surface area (Å²) in [5.41, 5.74) is 1.65. The fourth-order valence-corrected chi connectivity index (χ4v) is 2.89. The molecule has 1 aliphatic rings. The first kappa shape index (κ1) is 21.3. The minimum atomic E-state index is -0.666. The topological polar surface area (TPSA) is 88.2 Å². The normalized spacial score (nSPS) is 14.7. The van der Waals surface area contributed by atoms with Gasteiger partial charge in [-0.3, -0.25) is 4.79 Å². The molecule has 0 unspecified atom stereocenters. The smallest absolute Gasteiger partial charge is 0.354 e. The van der Waals surface area contributed by atoms with Crippen molar-refractivity contribution in [2.24, 2.45) is 5.92 Å². The second-order valence-electron chi connectivity index (χ2n) is 6.71. The molecular formula is C20H27N3O5. The SMILES string of the molecule is COC(=O)/C=C(/Nc1ccc(N2CCN(C(=O)C(C)C)CC2)cc1)C(=O)OC. The van der Waals surface area contributed by atoms with E-state index < -0.39 is 11.9 Å². The highest BCUT2D eigenvalue weighted by molar-refractivity contribution is 5.98. The molecule has 0 atom stereocenters. The van der Waals surface area contributed by atoms with Crippen LogP contribution in [0.25, 0.3) is 0 Å². The molecule has 2 rings (SSSR count). The number of ether oxygens (including phenoxy) is 2. The lowest BCUT2D eigenvalue weighted by Gasteiger charge is -2.37. The van der Waals surface area contributed by atoms with Gasteiger partial charge in [0.1, 0.15) is 5.70 Å². The second-order valence-corrected chi connectivity index (χ2v) is 6.71. The van der Waals surface area contributed by atoms with Gasteiger partial charge < -0.3 is 24.6 Å². The Bertz CT molecular complexity index is 735. The van der Waals surface area contributed by atoms with Gasteiger partial charge in [0.2, 0.25) is 5.91 Å². The Morgan fingerprint density at radius 1 is 1.00 bits per heavy atom. The van der Waals surface area contributed by atoms with E-state index in [1.165, 1.54) is 14.2 Å². The number of anilines is 2. The Balaban J connectivity index is 2.01. The van der Waals surface area contributed by atoms with Crippen molar-refractivity contribution in [1.82, 2.24) is 4.90 Å². The number of nitrogens with one attached hydrogen (secondary N) is 1. The van der Waals surface area contributed by atoms with Gasteiger partial charge >= 0.3 is 11.9 Å². The van der Waals surface area contributed by atoms with Crippen LogP contribution in [-0.4, -0.2) is 63.1 Å². The lowest BCUT2D eigenvalue weighted by Crippen LogP contribution is -2.49. The van der Waals surface area contributed by atoms with Gasteiger partial charge in [-0.25, -0.2) is 9.59 Å². The molecule has 8 nitrogen and oxygen atoms in total. The van der Waals surface area contributed by atoms with Gasteiger partial charge in [-0.1, -0.05) is 13.8 Å². The van der Waals surface area contributed by atoms with Crippen LogP contribution in [0.15, 0.2) is 36.0 Å². The molecule has 0 saturated carbocycles. The summed E-state index contributed by atoms with van der Waals surface area (Å²) in [5, 5.41) is 2.87. The van der Waals surface area contributed by atoms with Crippen LogP contribution in [0.5, 0.6) is 0 Å². The maximum atomic E-state index is 12.1. The van der Waals surface area contributed by atoms with Gasteiger partial charge in [-0.2, -0.15) is 0 Å². The summed E-state index contributed by atoms with van der Waals surface area (Å²) in [7, 11) is 2.47. The molecule has 1 N–H and O–H groups in total. The van der Waals surface area contributed by atoms with Crippen molar-refractivity contribution >= 4 is 29.2 Å². The number of rotatable bonds is 6. The Morgan fingerprint density at radius 2 is 1.61 bits per heavy atom. The first-order chi connectivity index (χ1) is 13.3. The van der Waals surface area contributed by atoms with Gasteiger partial charge in [0.05, 0.1) is 20.3 Å². The summed E-state index contributed by atoms with van der Waals surface area (Å²) < 4.78 is 9.23. The van der Waals surface area contributed by atoms with Crippen LogP contribution in [-0.2, 0) is 23.9 Å². The predicted molar refractivity (Wildman–Crippen MR) is 106 cm³/mol. The third kappa shape index (κ3) is 5.48. The molecule has 152 valence electrons. The molecule has 0 bridgehead atoms. The highest BCUT2D eigenvalue weighted by Gasteiger charge is 2.23. The number of hydrogen-bond acceptors (Lipinski definition) is 7. The largest absolute Gasteiger partial charge is 0.466 e. The van der Waals surface area contributed by atoms with Crippen molar-refractivity contribution in [3.63, 3.8) is 0 Å². The van der Waals surface area contributed by atoms with Crippen LogP contribution >= 0.6 is 0 Å². The van der Waals surface area contributed by atoms with Crippen LogP contribution in [0.1, 0.15) is 13.8 Å². The maximum absolute atomic E-state index is 12.1. The van der Waals surface area contributed by atoms with Crippen molar-refractivity contribution < 1.29 is 23.9 Å². The average Bonchev–Trinajstić information content (AvgIpc) is 2.72. The van der Waals surface area contributed by atoms with Crippen molar-refractivity contribution in [2.45, 2.75) is 13.8 Å². The molecule has 1 aromatic rings. The van der Waals surface area contributed by atoms with Crippen molar-refractivity contribution in [1.29, 1.82) is 0 Å². The number of piperazine rings is 1. The Labute approximate surface area is 165 Å². The molecule has 1 aliphatic heterocycles. The zero-order valence-electron chi connectivity index (χ0n) is 16.7. The molecule has 1 fully saturated rings. The number of carbonyl (C=O) groups is 3. The lowest BCUT2D eigenvalue weighted by atomic mass is 10.1. The van der Waals surface area contributed by atoms with E-state index in [0.29, 0.717) is 18.8 Å². The van der Waals surface area contributed by atoms with Crippen LogP contribution < -0.4 is 10.2 Å². The van der Waals surface area contributed by atoms with Crippen LogP contribution in [0.3, 0.4) is 0 Å². The number of nitrogens with zero attached hydrogens (tertiary/aromatic N) is 2. The summed E-state index contributed by atoms with van der Waals surface area (Å²) in [6.07, 6.45) is 1.05. The highest BCUT2D eigenvalue weighted by Crippen LogP contribution is 2.21. The van der Waals surface area contributed by atoms with Gasteiger partial charge in [0, 0.05) is 43.5 Å². The number of esters is 2. The van der Waals surface area contributed by atoms with E-state index in [-0.39, 0.29) is 17.5 Å². The van der Waals surface area contributed by atoms with Crippen molar-refractivity contribution in [3.8, 4) is 0 Å². The number of amides is 1. The fourth-order valence-electron chi connectivity index (χ4n) is 2.89. The summed E-state index contributed by atoms with van der Waals surface area (Å²) in [6, 6.07) is 7.48. The molecule has 0 aromatic heterocycles. The molecule has 1 amide bonds. The zero-order valence-corrected chi connectivity index (χ0v) is 16.7. The Hall–Kier alpha value is -3.03. The van der Waals surface area contributed by atoms with E-state index >= 15 is 0 Å². The summed E-state index contributed by atoms with van der Waals surface area (Å²) in [6.45, 7) is 6.76. The number of hydrogen-bond donors (Lipinski definition) is 1. The van der Waals surface area contributed by atoms with E-state index in [0.717, 1.165) is 24.9 Å². The van der Waals surface area contributed by atoms with Crippen LogP contribution in [0.2, 0.25) is 0 Å². The van der Waals surface area contributed by atoms with Crippen LogP contribution in [0.4, 0.5) is 11.4 Å². The molecule has 0 aliphatic carbocycles. The molecule has 1 aromatic carbocycles. The average molecular weight is 389 g/mol. The second kappa shape index (κ2) is 9.77. The van der Waals surface area contributed by atoms with E-state index in [2.05, 4.69) is 19.7 Å². The molecular weight excluding hydrogens is 362 g/mol. The predicted octanol–water partition coefficient (Wildman–Crippen LogP) is 1.63. The lowest BCUT2D eigenvalue weighted by molar-refractivity contribution is -0.138. The van der Waals surface area contributed by atoms with Gasteiger partial charge in [-0.05, 0) is 24.3 Å². The third-order valence-corrected chi connectivity index (χ3v) is 4.47. The highest BCUT2D eigenvalue weighted by atomic mass is 16.5. The Morgan fingerprint density at radius 3 is 2.11 bits per heavy atom. The van der Waals surface area contributed by atoms with Crippen molar-refractivity contribution in [2.75, 3.05) is 50.6 Å². The van der Waals surface area contributed by atoms with E-state index in [4.69, 9.17) is 0 Å². The quantitative estimate of drug-likeness (QED) is 0.584. The van der Waals surface area contributed by atoms with Gasteiger partial charge in [0.25, 0.3) is 0 Å². The van der Waals surface area contributed by atoms with Gasteiger partial charge in [-0.15, -0.1) is 0 Å². The van der Waals surface area contributed by atoms with Gasteiger partial charge in [0.15, 0.2) is 0 Å². The fraction of sp³-hybridized carbons (Fsp3) is 0.450. The van der Waals surface area contributed by atoms with E-state index in [9.17, 15) is 14.4 Å². The molecule has 0 spiro atoms. The van der Waals surface area contributed by atoms with E-state index in [1.807, 2.05) is 43.0 Å². The van der Waals surface area contributed by atoms with Crippen LogP contribution in [0, 0.1) is 5.92 Å². The zero-order chi connectivity index (χ0) is 20.7. The molecule has 28 heavy (non-hydrogen) atoms. The third-order valence-electron chi connectivity index (χ3n) is 4.47. The number of methoxy groups -OCH3 is 2. The number of benzene rings is 1. The molecule has 1 saturated heterocycles. The molecule has 8 heteroatoms. The minimum absolute atomic E-state index is 0.0112. The Kier molecular flexibility index (Phi) is 7.43. The minimum Gasteiger partial charge on any atom is -0.466 e. The summed E-state index contributed by atoms with van der Waals surface area (Å²) in [4.78, 5) is 39.4. The standard InChI is InChI=1S/C20H27N3O5/c1-14(2)19(25)23-11-9-22(10-12-23)16-7-5-15(6-8-16)21-17(20(26)28-4)13-18(24)27-3/h5-8,13-14,21H,9-12H2,1-4H3/b17-13+. The maximum Gasteiger partial charge on any atom is 0.354 e. The summed E-state index contributed by atoms with van der Waals surface area (Å²) >= 11 is 0. The van der Waals surface area contributed by atoms with Crippen molar-refractivity contribution in [3.05, 3.63) is 36.0 Å². The van der Waals surface area contributed by atoms with E-state index in [1.54, 1.807) is 0 Å². The summed E-state index contributed by atoms with van der Waals surface area (Å²) in [5.74, 6) is -1.12.